The molecule has 1 aromatic carbocycles. The first-order chi connectivity index (χ1) is 7.56. The number of halogens is 2. The van der Waals surface area contributed by atoms with Crippen LogP contribution in [0.2, 0.25) is 5.02 Å². The predicted molar refractivity (Wildman–Crippen MR) is 73.3 cm³/mol. The first kappa shape index (κ1) is 11.9. The monoisotopic (exact) mass is 297 g/mol. The van der Waals surface area contributed by atoms with E-state index in [1.54, 1.807) is 0 Å². The summed E-state index contributed by atoms with van der Waals surface area (Å²) in [7, 11) is 0. The van der Waals surface area contributed by atoms with Crippen molar-refractivity contribution in [1.82, 2.24) is 4.98 Å². The molecule has 1 heterocycles. The minimum atomic E-state index is 0.834. The largest absolute Gasteiger partial charge is 0.252 e. The summed E-state index contributed by atoms with van der Waals surface area (Å²) in [6.07, 6.45) is 0.911. The van der Waals surface area contributed by atoms with Gasteiger partial charge in [0.05, 0.1) is 10.5 Å². The van der Waals surface area contributed by atoms with E-state index in [4.69, 9.17) is 11.6 Å². The number of benzene rings is 1. The third-order valence-electron chi connectivity index (χ3n) is 2.88. The van der Waals surface area contributed by atoms with E-state index in [2.05, 4.69) is 40.8 Å². The van der Waals surface area contributed by atoms with Gasteiger partial charge in [0.1, 0.15) is 0 Å². The number of hydrogen-bond donors (Lipinski definition) is 0. The van der Waals surface area contributed by atoms with Crippen LogP contribution in [0, 0.1) is 13.8 Å². The van der Waals surface area contributed by atoms with Crippen molar-refractivity contribution in [3.05, 3.63) is 38.4 Å². The molecule has 0 spiro atoms. The molecule has 0 aliphatic carbocycles. The van der Waals surface area contributed by atoms with Gasteiger partial charge < -0.3 is 0 Å². The lowest BCUT2D eigenvalue weighted by molar-refractivity contribution is 1.07. The molecule has 0 aliphatic rings. The lowest BCUT2D eigenvalue weighted by Gasteiger charge is -2.12. The van der Waals surface area contributed by atoms with E-state index >= 15 is 0 Å². The smallest absolute Gasteiger partial charge is 0.0760 e. The number of fused-ring (bicyclic) bond motifs is 1. The zero-order valence-corrected chi connectivity index (χ0v) is 11.9. The Hall–Kier alpha value is -0.600. The fourth-order valence-electron chi connectivity index (χ4n) is 1.98. The molecular weight excluding hydrogens is 286 g/mol. The molecule has 2 aromatic rings. The number of rotatable bonds is 1. The average molecular weight is 299 g/mol. The molecular formula is C13H13BrClN. The maximum atomic E-state index is 6.45. The van der Waals surface area contributed by atoms with Crippen molar-refractivity contribution in [1.29, 1.82) is 0 Å². The lowest BCUT2D eigenvalue weighted by Crippen LogP contribution is -1.96. The van der Waals surface area contributed by atoms with Crippen LogP contribution in [0.15, 0.2) is 16.6 Å². The Kier molecular flexibility index (Phi) is 3.22. The van der Waals surface area contributed by atoms with Gasteiger partial charge in [0, 0.05) is 15.6 Å². The van der Waals surface area contributed by atoms with Gasteiger partial charge in [-0.25, -0.2) is 0 Å². The van der Waals surface area contributed by atoms with E-state index in [1.807, 2.05) is 13.0 Å². The highest BCUT2D eigenvalue weighted by atomic mass is 79.9. The van der Waals surface area contributed by atoms with Crippen LogP contribution in [0.1, 0.15) is 23.7 Å². The molecule has 16 heavy (non-hydrogen) atoms. The molecule has 84 valence electrons. The number of nitrogens with zero attached hydrogens (tertiary/aromatic N) is 1. The number of hydrogen-bond acceptors (Lipinski definition) is 1. The van der Waals surface area contributed by atoms with Gasteiger partial charge in [0.25, 0.3) is 0 Å². The standard InChI is InChI=1S/C13H13BrClN/c1-4-9-8(3)16-13-7(2)5-6-10(14)11(13)12(9)15/h5-6H,4H2,1-3H3. The van der Waals surface area contributed by atoms with Crippen LogP contribution in [-0.2, 0) is 6.42 Å². The van der Waals surface area contributed by atoms with Crippen molar-refractivity contribution in [2.75, 3.05) is 0 Å². The van der Waals surface area contributed by atoms with Gasteiger partial charge in [0.15, 0.2) is 0 Å². The minimum absolute atomic E-state index is 0.834. The van der Waals surface area contributed by atoms with Gasteiger partial charge in [-0.2, -0.15) is 0 Å². The molecule has 0 saturated carbocycles. The molecule has 0 amide bonds. The highest BCUT2D eigenvalue weighted by molar-refractivity contribution is 9.10. The zero-order chi connectivity index (χ0) is 11.9. The van der Waals surface area contributed by atoms with Crippen molar-refractivity contribution < 1.29 is 0 Å². The summed E-state index contributed by atoms with van der Waals surface area (Å²) in [5.41, 5.74) is 4.32. The van der Waals surface area contributed by atoms with Crippen molar-refractivity contribution in [3.63, 3.8) is 0 Å². The number of pyridine rings is 1. The summed E-state index contributed by atoms with van der Waals surface area (Å²) >= 11 is 10.00. The Morgan fingerprint density at radius 2 is 2.00 bits per heavy atom. The van der Waals surface area contributed by atoms with E-state index in [0.29, 0.717) is 0 Å². The Bertz CT molecular complexity index is 564. The Morgan fingerprint density at radius 3 is 2.62 bits per heavy atom. The molecule has 0 aliphatic heterocycles. The van der Waals surface area contributed by atoms with Crippen LogP contribution < -0.4 is 0 Å². The number of aromatic nitrogens is 1. The topological polar surface area (TPSA) is 12.9 Å². The highest BCUT2D eigenvalue weighted by Crippen LogP contribution is 2.35. The number of aryl methyl sites for hydroxylation is 2. The van der Waals surface area contributed by atoms with Gasteiger partial charge in [-0.1, -0.05) is 40.5 Å². The summed E-state index contributed by atoms with van der Waals surface area (Å²) in [5, 5.41) is 1.87. The summed E-state index contributed by atoms with van der Waals surface area (Å²) in [5.74, 6) is 0. The van der Waals surface area contributed by atoms with E-state index in [0.717, 1.165) is 43.6 Å². The van der Waals surface area contributed by atoms with Crippen LogP contribution in [0.4, 0.5) is 0 Å². The van der Waals surface area contributed by atoms with Crippen molar-refractivity contribution in [2.45, 2.75) is 27.2 Å². The fraction of sp³-hybridized carbons (Fsp3) is 0.308. The van der Waals surface area contributed by atoms with E-state index < -0.39 is 0 Å². The van der Waals surface area contributed by atoms with E-state index in [-0.39, 0.29) is 0 Å². The quantitative estimate of drug-likeness (QED) is 0.735. The average Bonchev–Trinajstić information content (AvgIpc) is 2.24. The second kappa shape index (κ2) is 4.34. The zero-order valence-electron chi connectivity index (χ0n) is 9.56. The molecule has 0 bridgehead atoms. The van der Waals surface area contributed by atoms with Crippen molar-refractivity contribution >= 4 is 38.4 Å². The SMILES string of the molecule is CCc1c(C)nc2c(C)ccc(Br)c2c1Cl. The Labute approximate surface area is 109 Å². The lowest BCUT2D eigenvalue weighted by atomic mass is 10.1. The third kappa shape index (κ3) is 1.74. The molecule has 1 aromatic heterocycles. The molecule has 3 heteroatoms. The summed E-state index contributed by atoms with van der Waals surface area (Å²) in [6.45, 7) is 6.18. The Morgan fingerprint density at radius 1 is 1.31 bits per heavy atom. The van der Waals surface area contributed by atoms with Crippen LogP contribution in [0.3, 0.4) is 0 Å². The second-order valence-electron chi connectivity index (χ2n) is 3.93. The summed E-state index contributed by atoms with van der Waals surface area (Å²) < 4.78 is 1.01. The van der Waals surface area contributed by atoms with Crippen LogP contribution in [0.25, 0.3) is 10.9 Å². The van der Waals surface area contributed by atoms with Gasteiger partial charge >= 0.3 is 0 Å². The van der Waals surface area contributed by atoms with Crippen LogP contribution >= 0.6 is 27.5 Å². The molecule has 0 atom stereocenters. The third-order valence-corrected chi connectivity index (χ3v) is 3.96. The van der Waals surface area contributed by atoms with E-state index in [1.165, 1.54) is 0 Å². The maximum absolute atomic E-state index is 6.45. The molecule has 0 unspecified atom stereocenters. The maximum Gasteiger partial charge on any atom is 0.0760 e. The minimum Gasteiger partial charge on any atom is -0.252 e. The predicted octanol–water partition coefficient (Wildman–Crippen LogP) is 4.83. The molecule has 1 nitrogen and oxygen atoms in total. The molecule has 0 radical (unpaired) electrons. The summed E-state index contributed by atoms with van der Waals surface area (Å²) in [4.78, 5) is 4.65. The normalized spacial score (nSPS) is 11.1. The second-order valence-corrected chi connectivity index (χ2v) is 5.16. The first-order valence-corrected chi connectivity index (χ1v) is 6.47. The van der Waals surface area contributed by atoms with Gasteiger partial charge in [-0.15, -0.1) is 0 Å². The van der Waals surface area contributed by atoms with Crippen LogP contribution in [-0.4, -0.2) is 4.98 Å². The van der Waals surface area contributed by atoms with Gasteiger partial charge in [0.2, 0.25) is 0 Å². The summed E-state index contributed by atoms with van der Waals surface area (Å²) in [6, 6.07) is 4.08. The molecule has 2 rings (SSSR count). The molecule has 0 saturated heterocycles. The van der Waals surface area contributed by atoms with Gasteiger partial charge in [-0.05, 0) is 37.5 Å². The molecule has 0 N–H and O–H groups in total. The fourth-order valence-corrected chi connectivity index (χ4v) is 3.07. The first-order valence-electron chi connectivity index (χ1n) is 5.30. The highest BCUT2D eigenvalue weighted by Gasteiger charge is 2.13. The van der Waals surface area contributed by atoms with Crippen molar-refractivity contribution in [2.24, 2.45) is 0 Å². The van der Waals surface area contributed by atoms with E-state index in [9.17, 15) is 0 Å². The van der Waals surface area contributed by atoms with Crippen LogP contribution in [0.5, 0.6) is 0 Å². The molecule has 0 fully saturated rings. The Balaban J connectivity index is 2.98. The van der Waals surface area contributed by atoms with Crippen molar-refractivity contribution in [3.8, 4) is 0 Å². The van der Waals surface area contributed by atoms with Gasteiger partial charge in [-0.3, -0.25) is 4.98 Å².